The van der Waals surface area contributed by atoms with Crippen molar-refractivity contribution in [3.8, 4) is 11.5 Å². The van der Waals surface area contributed by atoms with Gasteiger partial charge in [0.2, 0.25) is 11.7 Å². The SMILES string of the molecule is CC(C)(C)CC(N)Cc1nc(-c2ccccn2)no1. The van der Waals surface area contributed by atoms with E-state index in [9.17, 15) is 0 Å². The minimum absolute atomic E-state index is 0.0250. The van der Waals surface area contributed by atoms with Crippen LogP contribution in [0.25, 0.3) is 11.5 Å². The monoisotopic (exact) mass is 260 g/mol. The molecule has 102 valence electrons. The average molecular weight is 260 g/mol. The molecule has 0 saturated heterocycles. The standard InChI is InChI=1S/C14H20N4O/c1-14(2,3)9-10(15)8-12-17-13(18-19-12)11-6-4-5-7-16-11/h4-7,10H,8-9,15H2,1-3H3. The van der Waals surface area contributed by atoms with Crippen LogP contribution in [0.15, 0.2) is 28.9 Å². The van der Waals surface area contributed by atoms with Gasteiger partial charge in [0.25, 0.3) is 0 Å². The van der Waals surface area contributed by atoms with Gasteiger partial charge in [0.1, 0.15) is 5.69 Å². The summed E-state index contributed by atoms with van der Waals surface area (Å²) >= 11 is 0. The van der Waals surface area contributed by atoms with Gasteiger partial charge in [-0.15, -0.1) is 0 Å². The molecule has 0 amide bonds. The van der Waals surface area contributed by atoms with E-state index in [-0.39, 0.29) is 11.5 Å². The van der Waals surface area contributed by atoms with Crippen LogP contribution in [-0.4, -0.2) is 21.2 Å². The zero-order valence-electron chi connectivity index (χ0n) is 11.6. The van der Waals surface area contributed by atoms with Crippen molar-refractivity contribution >= 4 is 0 Å². The van der Waals surface area contributed by atoms with Crippen molar-refractivity contribution in [1.82, 2.24) is 15.1 Å². The van der Waals surface area contributed by atoms with Gasteiger partial charge in [-0.3, -0.25) is 4.98 Å². The number of pyridine rings is 1. The second-order valence-corrected chi connectivity index (χ2v) is 5.96. The van der Waals surface area contributed by atoms with E-state index in [0.29, 0.717) is 23.8 Å². The van der Waals surface area contributed by atoms with E-state index in [1.165, 1.54) is 0 Å². The predicted molar refractivity (Wildman–Crippen MR) is 73.3 cm³/mol. The number of nitrogens with two attached hydrogens (primary N) is 1. The Balaban J connectivity index is 2.02. The second kappa shape index (κ2) is 5.48. The Morgan fingerprint density at radius 2 is 2.11 bits per heavy atom. The summed E-state index contributed by atoms with van der Waals surface area (Å²) in [5.41, 5.74) is 7.00. The Hall–Kier alpha value is -1.75. The summed E-state index contributed by atoms with van der Waals surface area (Å²) in [6.45, 7) is 6.50. The summed E-state index contributed by atoms with van der Waals surface area (Å²) in [6.07, 6.45) is 3.21. The van der Waals surface area contributed by atoms with Gasteiger partial charge < -0.3 is 10.3 Å². The van der Waals surface area contributed by atoms with Crippen molar-refractivity contribution in [3.05, 3.63) is 30.3 Å². The van der Waals surface area contributed by atoms with Gasteiger partial charge in [-0.25, -0.2) is 0 Å². The highest BCUT2D eigenvalue weighted by Crippen LogP contribution is 2.21. The maximum Gasteiger partial charge on any atom is 0.228 e. The largest absolute Gasteiger partial charge is 0.339 e. The van der Waals surface area contributed by atoms with E-state index in [0.717, 1.165) is 6.42 Å². The summed E-state index contributed by atoms with van der Waals surface area (Å²) in [6, 6.07) is 5.62. The fraction of sp³-hybridized carbons (Fsp3) is 0.500. The third-order valence-electron chi connectivity index (χ3n) is 2.67. The fourth-order valence-corrected chi connectivity index (χ4v) is 2.02. The Morgan fingerprint density at radius 3 is 2.74 bits per heavy atom. The van der Waals surface area contributed by atoms with Gasteiger partial charge >= 0.3 is 0 Å². The van der Waals surface area contributed by atoms with Crippen LogP contribution in [0.3, 0.4) is 0 Å². The molecule has 5 nitrogen and oxygen atoms in total. The lowest BCUT2D eigenvalue weighted by Crippen LogP contribution is -2.28. The third kappa shape index (κ3) is 4.13. The number of hydrogen-bond acceptors (Lipinski definition) is 5. The molecule has 0 spiro atoms. The lowest BCUT2D eigenvalue weighted by Gasteiger charge is -2.21. The van der Waals surface area contributed by atoms with E-state index in [1.807, 2.05) is 18.2 Å². The first kappa shape index (κ1) is 13.7. The van der Waals surface area contributed by atoms with Crippen LogP contribution < -0.4 is 5.73 Å². The first-order valence-corrected chi connectivity index (χ1v) is 6.43. The number of nitrogens with zero attached hydrogens (tertiary/aromatic N) is 3. The van der Waals surface area contributed by atoms with E-state index >= 15 is 0 Å². The van der Waals surface area contributed by atoms with Crippen LogP contribution in [0.4, 0.5) is 0 Å². The normalized spacial score (nSPS) is 13.5. The molecule has 2 aromatic rings. The quantitative estimate of drug-likeness (QED) is 0.913. The summed E-state index contributed by atoms with van der Waals surface area (Å²) < 4.78 is 5.22. The van der Waals surface area contributed by atoms with E-state index in [1.54, 1.807) is 6.20 Å². The molecule has 0 fully saturated rings. The van der Waals surface area contributed by atoms with E-state index in [2.05, 4.69) is 35.9 Å². The smallest absolute Gasteiger partial charge is 0.228 e. The summed E-state index contributed by atoms with van der Waals surface area (Å²) in [7, 11) is 0. The molecule has 5 heteroatoms. The van der Waals surface area contributed by atoms with Crippen molar-refractivity contribution < 1.29 is 4.52 Å². The molecule has 0 aliphatic carbocycles. The molecule has 0 bridgehead atoms. The maximum atomic E-state index is 6.10. The number of hydrogen-bond donors (Lipinski definition) is 1. The van der Waals surface area contributed by atoms with Crippen molar-refractivity contribution in [2.45, 2.75) is 39.7 Å². The van der Waals surface area contributed by atoms with Crippen molar-refractivity contribution in [2.75, 3.05) is 0 Å². The highest BCUT2D eigenvalue weighted by molar-refractivity contribution is 5.46. The Kier molecular flexibility index (Phi) is 3.95. The fourth-order valence-electron chi connectivity index (χ4n) is 2.02. The number of aromatic nitrogens is 3. The van der Waals surface area contributed by atoms with Crippen molar-refractivity contribution in [2.24, 2.45) is 11.1 Å². The van der Waals surface area contributed by atoms with Gasteiger partial charge in [-0.2, -0.15) is 4.98 Å². The Labute approximate surface area is 113 Å². The summed E-state index contributed by atoms with van der Waals surface area (Å²) in [4.78, 5) is 8.51. The maximum absolute atomic E-state index is 6.10. The summed E-state index contributed by atoms with van der Waals surface area (Å²) in [5.74, 6) is 1.08. The summed E-state index contributed by atoms with van der Waals surface area (Å²) in [5, 5.41) is 3.93. The molecule has 0 radical (unpaired) electrons. The van der Waals surface area contributed by atoms with E-state index < -0.39 is 0 Å². The van der Waals surface area contributed by atoms with Crippen molar-refractivity contribution in [1.29, 1.82) is 0 Å². The zero-order chi connectivity index (χ0) is 13.9. The molecule has 2 rings (SSSR count). The average Bonchev–Trinajstić information content (AvgIpc) is 2.76. The highest BCUT2D eigenvalue weighted by Gasteiger charge is 2.18. The minimum Gasteiger partial charge on any atom is -0.339 e. The third-order valence-corrected chi connectivity index (χ3v) is 2.67. The Bertz CT molecular complexity index is 516. The molecule has 1 unspecified atom stereocenters. The lowest BCUT2D eigenvalue weighted by atomic mass is 9.87. The molecule has 0 aliphatic heterocycles. The highest BCUT2D eigenvalue weighted by atomic mass is 16.5. The molecule has 0 aromatic carbocycles. The molecule has 0 saturated carbocycles. The molecule has 2 aromatic heterocycles. The van der Waals surface area contributed by atoms with Crippen molar-refractivity contribution in [3.63, 3.8) is 0 Å². The molecular weight excluding hydrogens is 240 g/mol. The van der Waals surface area contributed by atoms with Crippen LogP contribution in [0.5, 0.6) is 0 Å². The van der Waals surface area contributed by atoms with Gasteiger partial charge in [0, 0.05) is 18.7 Å². The first-order valence-electron chi connectivity index (χ1n) is 6.43. The molecule has 1 atom stereocenters. The van der Waals surface area contributed by atoms with Gasteiger partial charge in [0.15, 0.2) is 0 Å². The van der Waals surface area contributed by atoms with Crippen LogP contribution in [0, 0.1) is 5.41 Å². The molecule has 2 heterocycles. The van der Waals surface area contributed by atoms with Gasteiger partial charge in [-0.1, -0.05) is 32.0 Å². The second-order valence-electron chi connectivity index (χ2n) is 5.96. The zero-order valence-corrected chi connectivity index (χ0v) is 11.6. The molecular formula is C14H20N4O. The first-order chi connectivity index (χ1) is 8.94. The van der Waals surface area contributed by atoms with E-state index in [4.69, 9.17) is 10.3 Å². The minimum atomic E-state index is 0.0250. The number of rotatable bonds is 4. The molecule has 19 heavy (non-hydrogen) atoms. The van der Waals surface area contributed by atoms with Gasteiger partial charge in [-0.05, 0) is 24.0 Å². The predicted octanol–water partition coefficient (Wildman–Crippen LogP) is 2.44. The van der Waals surface area contributed by atoms with Crippen LogP contribution in [0.2, 0.25) is 0 Å². The van der Waals surface area contributed by atoms with Crippen LogP contribution in [-0.2, 0) is 6.42 Å². The topological polar surface area (TPSA) is 77.8 Å². The molecule has 2 N–H and O–H groups in total. The van der Waals surface area contributed by atoms with Crippen LogP contribution in [0.1, 0.15) is 33.1 Å². The van der Waals surface area contributed by atoms with Crippen LogP contribution >= 0.6 is 0 Å². The Morgan fingerprint density at radius 1 is 1.32 bits per heavy atom. The van der Waals surface area contributed by atoms with Gasteiger partial charge in [0.05, 0.1) is 0 Å². The lowest BCUT2D eigenvalue weighted by molar-refractivity contribution is 0.313. The molecule has 0 aliphatic rings.